The summed E-state index contributed by atoms with van der Waals surface area (Å²) in [4.78, 5) is 0. The molecule has 0 saturated heterocycles. The molecule has 0 aromatic carbocycles. The van der Waals surface area contributed by atoms with Gasteiger partial charge in [0.05, 0.1) is 0 Å². The molecule has 102 valence electrons. The molecule has 0 heterocycles. The maximum atomic E-state index is 5.50. The van der Waals surface area contributed by atoms with E-state index in [1.807, 2.05) is 0 Å². The number of rotatable bonds is 4. The van der Waals surface area contributed by atoms with Crippen LogP contribution in [0, 0.1) is 17.8 Å². The zero-order chi connectivity index (χ0) is 12.6. The molecule has 0 aromatic rings. The smallest absolute Gasteiger partial charge is 0.166 e. The summed E-state index contributed by atoms with van der Waals surface area (Å²) in [5, 5.41) is 7.81. The van der Waals surface area contributed by atoms with Crippen LogP contribution in [0.5, 0.6) is 0 Å². The monoisotopic (exact) mass is 267 g/mol. The van der Waals surface area contributed by atoms with Gasteiger partial charge in [0.1, 0.15) is 0 Å². The van der Waals surface area contributed by atoms with Gasteiger partial charge >= 0.3 is 0 Å². The third-order valence-corrected chi connectivity index (χ3v) is 5.33. The maximum absolute atomic E-state index is 5.50. The van der Waals surface area contributed by atoms with Gasteiger partial charge in [-0.1, -0.05) is 0 Å². The third kappa shape index (κ3) is 2.50. The lowest BCUT2D eigenvalue weighted by molar-refractivity contribution is -0.0101. The molecular weight excluding hydrogens is 242 g/mol. The lowest BCUT2D eigenvalue weighted by Gasteiger charge is -2.57. The molecule has 4 rings (SSSR count). The summed E-state index contributed by atoms with van der Waals surface area (Å²) in [6, 6.07) is 0. The van der Waals surface area contributed by atoms with Gasteiger partial charge < -0.3 is 16.4 Å². The molecule has 3 nitrogen and oxygen atoms in total. The predicted molar refractivity (Wildman–Crippen MR) is 78.3 cm³/mol. The fraction of sp³-hybridized carbons (Fsp3) is 0.929. The van der Waals surface area contributed by atoms with Gasteiger partial charge in [0.25, 0.3) is 0 Å². The molecule has 0 amide bonds. The van der Waals surface area contributed by atoms with E-state index in [2.05, 4.69) is 10.6 Å². The SMILES string of the molecule is NCCCNC(=S)NC12CC3CC(CC(C3)C1)C2. The summed E-state index contributed by atoms with van der Waals surface area (Å²) in [5.41, 5.74) is 5.83. The lowest BCUT2D eigenvalue weighted by Crippen LogP contribution is -2.61. The standard InChI is InChI=1S/C14H25N3S/c15-2-1-3-16-13(18)17-14-7-10-4-11(8-14)6-12(5-10)9-14/h10-12H,1-9,15H2,(H2,16,17,18). The van der Waals surface area contributed by atoms with Gasteiger partial charge in [-0.05, 0) is 81.5 Å². The van der Waals surface area contributed by atoms with Crippen LogP contribution in [0.15, 0.2) is 0 Å². The van der Waals surface area contributed by atoms with E-state index in [0.717, 1.165) is 42.4 Å². The van der Waals surface area contributed by atoms with Crippen molar-refractivity contribution in [3.63, 3.8) is 0 Å². The number of nitrogens with one attached hydrogen (secondary N) is 2. The van der Waals surface area contributed by atoms with Gasteiger partial charge in [0.2, 0.25) is 0 Å². The predicted octanol–water partition coefficient (Wildman–Crippen LogP) is 1.77. The van der Waals surface area contributed by atoms with Gasteiger partial charge in [-0.2, -0.15) is 0 Å². The Bertz CT molecular complexity index is 294. The van der Waals surface area contributed by atoms with Crippen LogP contribution in [0.3, 0.4) is 0 Å². The molecule has 4 N–H and O–H groups in total. The quantitative estimate of drug-likeness (QED) is 0.537. The summed E-state index contributed by atoms with van der Waals surface area (Å²) >= 11 is 5.44. The Hall–Kier alpha value is -0.350. The summed E-state index contributed by atoms with van der Waals surface area (Å²) in [6.07, 6.45) is 9.46. The van der Waals surface area contributed by atoms with Crippen LogP contribution in [0.1, 0.15) is 44.9 Å². The third-order valence-electron chi connectivity index (χ3n) is 5.08. The molecule has 0 atom stereocenters. The highest BCUT2D eigenvalue weighted by Crippen LogP contribution is 2.55. The number of thiocarbonyl (C=S) groups is 1. The minimum absolute atomic E-state index is 0.335. The Labute approximate surface area is 115 Å². The fourth-order valence-electron chi connectivity index (χ4n) is 4.85. The first-order chi connectivity index (χ1) is 8.69. The van der Waals surface area contributed by atoms with E-state index in [0.29, 0.717) is 5.54 Å². The van der Waals surface area contributed by atoms with E-state index < -0.39 is 0 Å². The van der Waals surface area contributed by atoms with Crippen molar-refractivity contribution in [2.24, 2.45) is 23.5 Å². The topological polar surface area (TPSA) is 50.1 Å². The fourth-order valence-corrected chi connectivity index (χ4v) is 5.17. The van der Waals surface area contributed by atoms with E-state index in [-0.39, 0.29) is 0 Å². The van der Waals surface area contributed by atoms with Gasteiger partial charge in [0, 0.05) is 12.1 Å². The number of hydrogen-bond donors (Lipinski definition) is 3. The number of hydrogen-bond acceptors (Lipinski definition) is 2. The van der Waals surface area contributed by atoms with Gasteiger partial charge in [0.15, 0.2) is 5.11 Å². The van der Waals surface area contributed by atoms with Crippen LogP contribution >= 0.6 is 12.2 Å². The minimum Gasteiger partial charge on any atom is -0.363 e. The Morgan fingerprint density at radius 3 is 2.17 bits per heavy atom. The Balaban J connectivity index is 1.57. The second-order valence-electron chi connectivity index (χ2n) is 6.72. The average molecular weight is 267 g/mol. The molecular formula is C14H25N3S. The minimum atomic E-state index is 0.335. The summed E-state index contributed by atoms with van der Waals surface area (Å²) in [6.45, 7) is 1.63. The summed E-state index contributed by atoms with van der Waals surface area (Å²) in [7, 11) is 0. The Kier molecular flexibility index (Phi) is 3.50. The van der Waals surface area contributed by atoms with Crippen molar-refractivity contribution >= 4 is 17.3 Å². The van der Waals surface area contributed by atoms with E-state index in [4.69, 9.17) is 18.0 Å². The highest BCUT2D eigenvalue weighted by atomic mass is 32.1. The van der Waals surface area contributed by atoms with E-state index in [1.165, 1.54) is 38.5 Å². The maximum Gasteiger partial charge on any atom is 0.166 e. The Morgan fingerprint density at radius 2 is 1.67 bits per heavy atom. The van der Waals surface area contributed by atoms with Crippen molar-refractivity contribution in [1.29, 1.82) is 0 Å². The molecule has 4 bridgehead atoms. The molecule has 4 fully saturated rings. The molecule has 0 unspecified atom stereocenters. The van der Waals surface area contributed by atoms with Crippen LogP contribution in [-0.4, -0.2) is 23.7 Å². The second kappa shape index (κ2) is 4.97. The molecule has 0 aromatic heterocycles. The first-order valence-corrected chi connectivity index (χ1v) is 7.86. The second-order valence-corrected chi connectivity index (χ2v) is 7.13. The van der Waals surface area contributed by atoms with Gasteiger partial charge in [-0.15, -0.1) is 0 Å². The van der Waals surface area contributed by atoms with Gasteiger partial charge in [-0.25, -0.2) is 0 Å². The summed E-state index contributed by atoms with van der Waals surface area (Å²) in [5.74, 6) is 2.90. The van der Waals surface area contributed by atoms with Crippen molar-refractivity contribution in [2.45, 2.75) is 50.5 Å². The number of nitrogens with two attached hydrogens (primary N) is 1. The zero-order valence-electron chi connectivity index (χ0n) is 11.1. The van der Waals surface area contributed by atoms with E-state index in [1.54, 1.807) is 0 Å². The highest BCUT2D eigenvalue weighted by Gasteiger charge is 2.51. The van der Waals surface area contributed by atoms with Crippen LogP contribution < -0.4 is 16.4 Å². The first kappa shape index (κ1) is 12.7. The van der Waals surface area contributed by atoms with E-state index in [9.17, 15) is 0 Å². The molecule has 4 heteroatoms. The van der Waals surface area contributed by atoms with Crippen molar-refractivity contribution < 1.29 is 0 Å². The van der Waals surface area contributed by atoms with Crippen molar-refractivity contribution in [3.8, 4) is 0 Å². The highest BCUT2D eigenvalue weighted by molar-refractivity contribution is 7.80. The van der Waals surface area contributed by atoms with Gasteiger partial charge in [-0.3, -0.25) is 0 Å². The average Bonchev–Trinajstić information content (AvgIpc) is 2.26. The molecule has 0 radical (unpaired) electrons. The molecule has 4 aliphatic carbocycles. The molecule has 0 spiro atoms. The Morgan fingerprint density at radius 1 is 1.11 bits per heavy atom. The van der Waals surface area contributed by atoms with Crippen LogP contribution in [0.4, 0.5) is 0 Å². The van der Waals surface area contributed by atoms with Crippen LogP contribution in [0.25, 0.3) is 0 Å². The van der Waals surface area contributed by atoms with Crippen LogP contribution in [0.2, 0.25) is 0 Å². The van der Waals surface area contributed by atoms with Crippen molar-refractivity contribution in [3.05, 3.63) is 0 Å². The van der Waals surface area contributed by atoms with Crippen molar-refractivity contribution in [2.75, 3.05) is 13.1 Å². The van der Waals surface area contributed by atoms with E-state index >= 15 is 0 Å². The molecule has 0 aliphatic heterocycles. The summed E-state index contributed by atoms with van der Waals surface area (Å²) < 4.78 is 0. The molecule has 4 saturated carbocycles. The largest absolute Gasteiger partial charge is 0.363 e. The molecule has 18 heavy (non-hydrogen) atoms. The molecule has 4 aliphatic rings. The zero-order valence-corrected chi connectivity index (χ0v) is 11.9. The van der Waals surface area contributed by atoms with Crippen LogP contribution in [-0.2, 0) is 0 Å². The normalized spacial score (nSPS) is 40.8. The van der Waals surface area contributed by atoms with Crippen molar-refractivity contribution in [1.82, 2.24) is 10.6 Å². The lowest BCUT2D eigenvalue weighted by atomic mass is 9.53. The first-order valence-electron chi connectivity index (χ1n) is 7.45.